The third-order valence-corrected chi connectivity index (χ3v) is 6.06. The second-order valence-corrected chi connectivity index (χ2v) is 8.56. The standard InChI is InChI=1S/C21H13F4N3O3S/c1-10-6-12-13(9-27-21(12)26-8-10)20(29)18-14(23)3-4-16(19(18)25)28-32(30,31)17-5-2-11(22)7-15(17)24/h2-9,28H,1H3,(H,26,27). The highest BCUT2D eigenvalue weighted by Crippen LogP contribution is 2.29. The van der Waals surface area contributed by atoms with Gasteiger partial charge in [0.1, 0.15) is 28.0 Å². The summed E-state index contributed by atoms with van der Waals surface area (Å²) < 4.78 is 83.2. The van der Waals surface area contributed by atoms with Gasteiger partial charge < -0.3 is 4.98 Å². The Morgan fingerprint density at radius 1 is 1.03 bits per heavy atom. The number of hydrogen-bond acceptors (Lipinski definition) is 4. The predicted octanol–water partition coefficient (Wildman–Crippen LogP) is 4.46. The van der Waals surface area contributed by atoms with Crippen molar-refractivity contribution in [2.45, 2.75) is 11.8 Å². The number of pyridine rings is 1. The minimum atomic E-state index is -4.71. The lowest BCUT2D eigenvalue weighted by molar-refractivity contribution is 0.103. The molecule has 0 saturated heterocycles. The highest BCUT2D eigenvalue weighted by atomic mass is 32.2. The second kappa shape index (κ2) is 7.75. The van der Waals surface area contributed by atoms with E-state index in [1.54, 1.807) is 17.7 Å². The molecule has 0 saturated carbocycles. The van der Waals surface area contributed by atoms with Gasteiger partial charge in [0.25, 0.3) is 10.0 Å². The number of nitrogens with one attached hydrogen (secondary N) is 2. The summed E-state index contributed by atoms with van der Waals surface area (Å²) in [5.74, 6) is -6.18. The lowest BCUT2D eigenvalue weighted by Gasteiger charge is -2.12. The zero-order valence-electron chi connectivity index (χ0n) is 16.2. The summed E-state index contributed by atoms with van der Waals surface area (Å²) in [6.45, 7) is 1.72. The normalized spacial score (nSPS) is 11.7. The molecule has 2 aromatic carbocycles. The third-order valence-electron chi connectivity index (χ3n) is 4.66. The molecule has 4 rings (SSSR count). The molecule has 2 heterocycles. The van der Waals surface area contributed by atoms with E-state index in [0.29, 0.717) is 40.9 Å². The number of ketones is 1. The molecule has 11 heteroatoms. The number of aryl methyl sites for hydroxylation is 1. The van der Waals surface area contributed by atoms with Crippen molar-refractivity contribution in [1.29, 1.82) is 0 Å². The number of benzene rings is 2. The van der Waals surface area contributed by atoms with Gasteiger partial charge in [0.2, 0.25) is 5.78 Å². The Hall–Kier alpha value is -3.73. The number of H-pyrrole nitrogens is 1. The SMILES string of the molecule is Cc1cnc2[nH]cc(C(=O)c3c(F)ccc(NS(=O)(=O)c4ccc(F)cc4F)c3F)c2c1. The fraction of sp³-hybridized carbons (Fsp3) is 0.0476. The van der Waals surface area contributed by atoms with Crippen molar-refractivity contribution in [3.63, 3.8) is 0 Å². The first-order valence-electron chi connectivity index (χ1n) is 9.03. The molecule has 0 unspecified atom stereocenters. The van der Waals surface area contributed by atoms with E-state index in [1.165, 1.54) is 12.4 Å². The fourth-order valence-electron chi connectivity index (χ4n) is 3.16. The molecule has 0 atom stereocenters. The molecule has 32 heavy (non-hydrogen) atoms. The van der Waals surface area contributed by atoms with E-state index in [4.69, 9.17) is 0 Å². The van der Waals surface area contributed by atoms with Crippen LogP contribution in [-0.2, 0) is 10.0 Å². The van der Waals surface area contributed by atoms with Crippen molar-refractivity contribution in [3.8, 4) is 0 Å². The van der Waals surface area contributed by atoms with Crippen LogP contribution in [0, 0.1) is 30.2 Å². The van der Waals surface area contributed by atoms with Gasteiger partial charge in [-0.1, -0.05) is 0 Å². The zero-order valence-corrected chi connectivity index (χ0v) is 17.0. The van der Waals surface area contributed by atoms with Crippen molar-refractivity contribution in [1.82, 2.24) is 9.97 Å². The molecule has 0 radical (unpaired) electrons. The summed E-state index contributed by atoms with van der Waals surface area (Å²) in [7, 11) is -4.71. The van der Waals surface area contributed by atoms with E-state index in [9.17, 15) is 26.4 Å². The van der Waals surface area contributed by atoms with Gasteiger partial charge in [0.05, 0.1) is 11.3 Å². The Morgan fingerprint density at radius 3 is 2.50 bits per heavy atom. The molecule has 0 aliphatic heterocycles. The van der Waals surface area contributed by atoms with Gasteiger partial charge in [-0.15, -0.1) is 0 Å². The number of carbonyl (C=O) groups excluding carboxylic acids is 1. The van der Waals surface area contributed by atoms with Gasteiger partial charge in [-0.05, 0) is 42.8 Å². The second-order valence-electron chi connectivity index (χ2n) is 6.90. The third kappa shape index (κ3) is 3.71. The molecule has 2 N–H and O–H groups in total. The van der Waals surface area contributed by atoms with Crippen molar-refractivity contribution >= 4 is 32.5 Å². The van der Waals surface area contributed by atoms with E-state index in [0.717, 1.165) is 6.07 Å². The maximum absolute atomic E-state index is 15.1. The summed E-state index contributed by atoms with van der Waals surface area (Å²) in [4.78, 5) is 18.8. The Kier molecular flexibility index (Phi) is 5.21. The maximum Gasteiger partial charge on any atom is 0.264 e. The first kappa shape index (κ1) is 21.5. The van der Waals surface area contributed by atoms with Gasteiger partial charge in [0, 0.05) is 29.4 Å². The number of rotatable bonds is 5. The minimum absolute atomic E-state index is 0.0708. The van der Waals surface area contributed by atoms with Gasteiger partial charge in [0.15, 0.2) is 5.82 Å². The summed E-state index contributed by atoms with van der Waals surface area (Å²) in [5, 5.41) is 0.327. The van der Waals surface area contributed by atoms with E-state index in [1.807, 2.05) is 0 Å². The van der Waals surface area contributed by atoms with Crippen LogP contribution in [-0.4, -0.2) is 24.2 Å². The fourth-order valence-corrected chi connectivity index (χ4v) is 4.28. The largest absolute Gasteiger partial charge is 0.345 e. The average molecular weight is 463 g/mol. The molecule has 0 aliphatic carbocycles. The van der Waals surface area contributed by atoms with E-state index >= 15 is 4.39 Å². The number of sulfonamides is 1. The predicted molar refractivity (Wildman–Crippen MR) is 108 cm³/mol. The molecule has 0 amide bonds. The number of fused-ring (bicyclic) bond motifs is 1. The van der Waals surface area contributed by atoms with Crippen LogP contribution in [0.1, 0.15) is 21.5 Å². The molecule has 4 aromatic rings. The van der Waals surface area contributed by atoms with E-state index in [2.05, 4.69) is 9.97 Å². The maximum atomic E-state index is 15.1. The van der Waals surface area contributed by atoms with Gasteiger partial charge in [-0.2, -0.15) is 0 Å². The number of anilines is 1. The lowest BCUT2D eigenvalue weighted by atomic mass is 10.0. The minimum Gasteiger partial charge on any atom is -0.345 e. The molecule has 2 aromatic heterocycles. The first-order valence-corrected chi connectivity index (χ1v) is 10.5. The number of nitrogens with zero attached hydrogens (tertiary/aromatic N) is 1. The van der Waals surface area contributed by atoms with Crippen molar-refractivity contribution in [2.75, 3.05) is 4.72 Å². The van der Waals surface area contributed by atoms with Gasteiger partial charge in [-0.25, -0.2) is 31.0 Å². The van der Waals surface area contributed by atoms with Crippen LogP contribution in [0.25, 0.3) is 11.0 Å². The molecule has 0 bridgehead atoms. The Balaban J connectivity index is 1.77. The Bertz CT molecular complexity index is 1500. The highest BCUT2D eigenvalue weighted by Gasteiger charge is 2.27. The van der Waals surface area contributed by atoms with Crippen LogP contribution < -0.4 is 4.72 Å². The summed E-state index contributed by atoms with van der Waals surface area (Å²) in [6.07, 6.45) is 2.78. The number of halogens is 4. The zero-order chi connectivity index (χ0) is 23.2. The number of aromatic amines is 1. The molecule has 164 valence electrons. The molecule has 0 aliphatic rings. The average Bonchev–Trinajstić information content (AvgIpc) is 3.12. The summed E-state index contributed by atoms with van der Waals surface area (Å²) >= 11 is 0. The first-order chi connectivity index (χ1) is 15.1. The van der Waals surface area contributed by atoms with Crippen LogP contribution in [0.3, 0.4) is 0 Å². The van der Waals surface area contributed by atoms with Crippen molar-refractivity contribution in [3.05, 3.63) is 88.8 Å². The van der Waals surface area contributed by atoms with Crippen molar-refractivity contribution < 1.29 is 30.8 Å². The molecule has 0 spiro atoms. The monoisotopic (exact) mass is 463 g/mol. The highest BCUT2D eigenvalue weighted by molar-refractivity contribution is 7.92. The number of hydrogen-bond donors (Lipinski definition) is 2. The molecular weight excluding hydrogens is 450 g/mol. The topological polar surface area (TPSA) is 91.9 Å². The molecule has 0 fully saturated rings. The summed E-state index contributed by atoms with van der Waals surface area (Å²) in [5.41, 5.74) is -0.836. The Labute approximate surface area is 179 Å². The van der Waals surface area contributed by atoms with Crippen LogP contribution >= 0.6 is 0 Å². The smallest absolute Gasteiger partial charge is 0.264 e. The van der Waals surface area contributed by atoms with Crippen LogP contribution in [0.2, 0.25) is 0 Å². The van der Waals surface area contributed by atoms with E-state index in [-0.39, 0.29) is 5.56 Å². The quantitative estimate of drug-likeness (QED) is 0.338. The van der Waals surface area contributed by atoms with E-state index < -0.39 is 55.2 Å². The van der Waals surface area contributed by atoms with Crippen LogP contribution in [0.15, 0.2) is 53.7 Å². The Morgan fingerprint density at radius 2 is 1.78 bits per heavy atom. The lowest BCUT2D eigenvalue weighted by Crippen LogP contribution is -2.17. The van der Waals surface area contributed by atoms with Gasteiger partial charge >= 0.3 is 0 Å². The number of aromatic nitrogens is 2. The summed E-state index contributed by atoms with van der Waals surface area (Å²) in [6, 6.07) is 4.76. The van der Waals surface area contributed by atoms with Crippen LogP contribution in [0.5, 0.6) is 0 Å². The molecule has 6 nitrogen and oxygen atoms in total. The van der Waals surface area contributed by atoms with Gasteiger partial charge in [-0.3, -0.25) is 9.52 Å². The van der Waals surface area contributed by atoms with Crippen LogP contribution in [0.4, 0.5) is 23.2 Å². The van der Waals surface area contributed by atoms with Crippen molar-refractivity contribution in [2.24, 2.45) is 0 Å². The molecular formula is C21H13F4N3O3S. The number of carbonyl (C=O) groups is 1.